The lowest BCUT2D eigenvalue weighted by atomic mass is 9.95. The van der Waals surface area contributed by atoms with Gasteiger partial charge in [0.25, 0.3) is 0 Å². The fourth-order valence-corrected chi connectivity index (χ4v) is 2.52. The third-order valence-corrected chi connectivity index (χ3v) is 3.37. The van der Waals surface area contributed by atoms with Gasteiger partial charge in [-0.25, -0.2) is 4.98 Å². The Labute approximate surface area is 104 Å². The predicted octanol–water partition coefficient (Wildman–Crippen LogP) is 2.75. The molecule has 0 amide bonds. The van der Waals surface area contributed by atoms with Crippen LogP contribution in [-0.2, 0) is 0 Å². The highest BCUT2D eigenvalue weighted by Crippen LogP contribution is 2.24. The first-order chi connectivity index (χ1) is 8.33. The highest BCUT2D eigenvalue weighted by Gasteiger charge is 2.16. The van der Waals surface area contributed by atoms with Gasteiger partial charge in [-0.05, 0) is 24.4 Å². The van der Waals surface area contributed by atoms with E-state index in [9.17, 15) is 0 Å². The number of H-pyrrole nitrogens is 1. The summed E-state index contributed by atoms with van der Waals surface area (Å²) in [5.74, 6) is 0.768. The third kappa shape index (κ3) is 2.20. The molecule has 0 bridgehead atoms. The molecule has 1 aliphatic carbocycles. The normalized spacial score (nSPS) is 17.5. The molecule has 3 rings (SSSR count). The zero-order valence-corrected chi connectivity index (χ0v) is 10.2. The minimum atomic E-state index is 0.239. The Morgan fingerprint density at radius 2 is 2.06 bits per heavy atom. The van der Waals surface area contributed by atoms with Crippen LogP contribution in [0.5, 0.6) is 0 Å². The monoisotopic (exact) mass is 251 g/mol. The quantitative estimate of drug-likeness (QED) is 0.806. The molecule has 5 nitrogen and oxygen atoms in total. The smallest absolute Gasteiger partial charge is 0.226 e. The van der Waals surface area contributed by atoms with Crippen LogP contribution < -0.4 is 5.32 Å². The molecule has 0 spiro atoms. The Bertz CT molecular complexity index is 518. The first-order valence-electron chi connectivity index (χ1n) is 5.96. The number of rotatable bonds is 2. The lowest BCUT2D eigenvalue weighted by Crippen LogP contribution is -2.23. The number of aromatic nitrogens is 4. The van der Waals surface area contributed by atoms with Crippen molar-refractivity contribution >= 4 is 28.6 Å². The van der Waals surface area contributed by atoms with Gasteiger partial charge < -0.3 is 10.3 Å². The molecule has 0 radical (unpaired) electrons. The van der Waals surface area contributed by atoms with Crippen LogP contribution in [0.1, 0.15) is 32.1 Å². The van der Waals surface area contributed by atoms with Crippen molar-refractivity contribution in [2.75, 3.05) is 5.32 Å². The van der Waals surface area contributed by atoms with Crippen molar-refractivity contribution in [2.24, 2.45) is 0 Å². The molecule has 2 aromatic heterocycles. The highest BCUT2D eigenvalue weighted by atomic mass is 35.5. The standard InChI is InChI=1S/C11H14ClN5/c12-11-16-9-8(13-6-14-9)10(17-11)15-7-4-2-1-3-5-7/h6-7H,1-5H2,(H2,13,14,15,16,17). The summed E-state index contributed by atoms with van der Waals surface area (Å²) in [6.45, 7) is 0. The Hall–Kier alpha value is -1.36. The van der Waals surface area contributed by atoms with Crippen molar-refractivity contribution in [1.29, 1.82) is 0 Å². The fourth-order valence-electron chi connectivity index (χ4n) is 2.35. The van der Waals surface area contributed by atoms with Crippen LogP contribution in [0, 0.1) is 0 Å². The predicted molar refractivity (Wildman–Crippen MR) is 67.2 cm³/mol. The van der Waals surface area contributed by atoms with Gasteiger partial charge in [-0.3, -0.25) is 0 Å². The second-order valence-corrected chi connectivity index (χ2v) is 4.76. The van der Waals surface area contributed by atoms with E-state index in [1.165, 1.54) is 32.1 Å². The number of nitrogens with one attached hydrogen (secondary N) is 2. The fraction of sp³-hybridized carbons (Fsp3) is 0.545. The first kappa shape index (κ1) is 10.8. The minimum absolute atomic E-state index is 0.239. The van der Waals surface area contributed by atoms with Crippen molar-refractivity contribution in [3.8, 4) is 0 Å². The Morgan fingerprint density at radius 3 is 2.88 bits per heavy atom. The SMILES string of the molecule is Clc1nc(NC2CCCCC2)c2[nH]cnc2n1. The van der Waals surface area contributed by atoms with Crippen molar-refractivity contribution in [3.63, 3.8) is 0 Å². The van der Waals surface area contributed by atoms with E-state index in [4.69, 9.17) is 11.6 Å². The van der Waals surface area contributed by atoms with Crippen LogP contribution in [0.2, 0.25) is 5.28 Å². The van der Waals surface area contributed by atoms with E-state index in [0.717, 1.165) is 11.3 Å². The van der Waals surface area contributed by atoms with Crippen LogP contribution in [0.25, 0.3) is 11.2 Å². The van der Waals surface area contributed by atoms with Crippen molar-refractivity contribution in [1.82, 2.24) is 19.9 Å². The lowest BCUT2D eigenvalue weighted by molar-refractivity contribution is 0.462. The molecule has 1 saturated carbocycles. The van der Waals surface area contributed by atoms with E-state index in [2.05, 4.69) is 25.3 Å². The van der Waals surface area contributed by atoms with Crippen LogP contribution in [0.3, 0.4) is 0 Å². The molecule has 0 unspecified atom stereocenters. The van der Waals surface area contributed by atoms with Crippen LogP contribution in [-0.4, -0.2) is 26.0 Å². The Balaban J connectivity index is 1.90. The van der Waals surface area contributed by atoms with Gasteiger partial charge in [0.05, 0.1) is 6.33 Å². The summed E-state index contributed by atoms with van der Waals surface area (Å²) in [7, 11) is 0. The van der Waals surface area contributed by atoms with Gasteiger partial charge in [0.2, 0.25) is 5.28 Å². The van der Waals surface area contributed by atoms with Crippen molar-refractivity contribution < 1.29 is 0 Å². The maximum absolute atomic E-state index is 5.88. The van der Waals surface area contributed by atoms with Crippen LogP contribution >= 0.6 is 11.6 Å². The van der Waals surface area contributed by atoms with E-state index in [-0.39, 0.29) is 5.28 Å². The van der Waals surface area contributed by atoms with E-state index in [0.29, 0.717) is 11.7 Å². The number of aromatic amines is 1. The second kappa shape index (κ2) is 4.49. The summed E-state index contributed by atoms with van der Waals surface area (Å²) in [6, 6.07) is 0.487. The average Bonchev–Trinajstić information content (AvgIpc) is 2.78. The van der Waals surface area contributed by atoms with Crippen molar-refractivity contribution in [2.45, 2.75) is 38.1 Å². The summed E-state index contributed by atoms with van der Waals surface area (Å²) in [5.41, 5.74) is 1.45. The van der Waals surface area contributed by atoms with Crippen molar-refractivity contribution in [3.05, 3.63) is 11.6 Å². The van der Waals surface area contributed by atoms with Gasteiger partial charge in [-0.1, -0.05) is 19.3 Å². The number of imidazole rings is 1. The largest absolute Gasteiger partial charge is 0.365 e. The molecule has 6 heteroatoms. The summed E-state index contributed by atoms with van der Waals surface area (Å²) >= 11 is 5.88. The summed E-state index contributed by atoms with van der Waals surface area (Å²) < 4.78 is 0. The molecule has 2 heterocycles. The molecule has 0 atom stereocenters. The first-order valence-corrected chi connectivity index (χ1v) is 6.34. The van der Waals surface area contributed by atoms with E-state index >= 15 is 0 Å². The number of hydrogen-bond acceptors (Lipinski definition) is 4. The second-order valence-electron chi connectivity index (χ2n) is 4.42. The molecule has 0 aromatic carbocycles. The number of fused-ring (bicyclic) bond motifs is 1. The molecule has 17 heavy (non-hydrogen) atoms. The maximum atomic E-state index is 5.88. The summed E-state index contributed by atoms with van der Waals surface area (Å²) in [4.78, 5) is 15.5. The van der Waals surface area contributed by atoms with E-state index < -0.39 is 0 Å². The molecule has 90 valence electrons. The van der Waals surface area contributed by atoms with Gasteiger partial charge in [0, 0.05) is 6.04 Å². The van der Waals surface area contributed by atoms with Crippen LogP contribution in [0.15, 0.2) is 6.33 Å². The maximum Gasteiger partial charge on any atom is 0.226 e. The van der Waals surface area contributed by atoms with Crippen LogP contribution in [0.4, 0.5) is 5.82 Å². The Morgan fingerprint density at radius 1 is 1.24 bits per heavy atom. The molecule has 1 fully saturated rings. The van der Waals surface area contributed by atoms with Gasteiger partial charge in [0.15, 0.2) is 11.5 Å². The molecule has 0 aliphatic heterocycles. The minimum Gasteiger partial charge on any atom is -0.365 e. The lowest BCUT2D eigenvalue weighted by Gasteiger charge is -2.23. The average molecular weight is 252 g/mol. The number of anilines is 1. The zero-order chi connectivity index (χ0) is 11.7. The molecule has 2 aromatic rings. The molecular weight excluding hydrogens is 238 g/mol. The zero-order valence-electron chi connectivity index (χ0n) is 9.41. The number of hydrogen-bond donors (Lipinski definition) is 2. The topological polar surface area (TPSA) is 66.5 Å². The highest BCUT2D eigenvalue weighted by molar-refractivity contribution is 6.28. The van der Waals surface area contributed by atoms with Gasteiger partial charge in [-0.2, -0.15) is 9.97 Å². The van der Waals surface area contributed by atoms with Gasteiger partial charge >= 0.3 is 0 Å². The molecule has 1 aliphatic rings. The molecule has 0 saturated heterocycles. The third-order valence-electron chi connectivity index (χ3n) is 3.20. The van der Waals surface area contributed by atoms with E-state index in [1.54, 1.807) is 6.33 Å². The molecule has 2 N–H and O–H groups in total. The van der Waals surface area contributed by atoms with Gasteiger partial charge in [0.1, 0.15) is 5.52 Å². The van der Waals surface area contributed by atoms with E-state index in [1.807, 2.05) is 0 Å². The summed E-state index contributed by atoms with van der Waals surface area (Å²) in [5, 5.41) is 3.68. The molecular formula is C11H14ClN5. The number of nitrogens with zero attached hydrogens (tertiary/aromatic N) is 3. The Kier molecular flexibility index (Phi) is 2.84. The number of halogens is 1. The summed E-state index contributed by atoms with van der Waals surface area (Å²) in [6.07, 6.45) is 7.89. The van der Waals surface area contributed by atoms with Gasteiger partial charge in [-0.15, -0.1) is 0 Å².